The van der Waals surface area contributed by atoms with Gasteiger partial charge >= 0.3 is 0 Å². The fourth-order valence-corrected chi connectivity index (χ4v) is 3.68. The average molecular weight is 515 g/mol. The lowest BCUT2D eigenvalue weighted by Gasteiger charge is -2.36. The van der Waals surface area contributed by atoms with E-state index in [1.807, 2.05) is 32.9 Å². The van der Waals surface area contributed by atoms with E-state index < -0.39 is 0 Å². The molecule has 0 amide bonds. The van der Waals surface area contributed by atoms with Gasteiger partial charge in [-0.1, -0.05) is 117 Å². The van der Waals surface area contributed by atoms with E-state index >= 15 is 0 Å². The third kappa shape index (κ3) is 17.8. The van der Waals surface area contributed by atoms with Crippen molar-refractivity contribution in [1.82, 2.24) is 4.90 Å². The molecule has 37 heavy (non-hydrogen) atoms. The van der Waals surface area contributed by atoms with Gasteiger partial charge in [0, 0.05) is 17.1 Å². The van der Waals surface area contributed by atoms with E-state index in [0.717, 1.165) is 34.7 Å². The van der Waals surface area contributed by atoms with Gasteiger partial charge in [0.05, 0.1) is 6.04 Å². The van der Waals surface area contributed by atoms with Crippen LogP contribution in [0.4, 0.5) is 0 Å². The van der Waals surface area contributed by atoms with Crippen molar-refractivity contribution in [3.63, 3.8) is 0 Å². The van der Waals surface area contributed by atoms with E-state index in [9.17, 15) is 0 Å². The quantitative estimate of drug-likeness (QED) is 0.219. The highest BCUT2D eigenvalue weighted by Crippen LogP contribution is 2.29. The van der Waals surface area contributed by atoms with Crippen molar-refractivity contribution < 1.29 is 0 Å². The van der Waals surface area contributed by atoms with E-state index in [2.05, 4.69) is 125 Å². The third-order valence-corrected chi connectivity index (χ3v) is 5.70. The van der Waals surface area contributed by atoms with Crippen molar-refractivity contribution in [2.24, 2.45) is 17.6 Å². The van der Waals surface area contributed by atoms with Crippen LogP contribution in [0.3, 0.4) is 0 Å². The molecule has 0 aliphatic heterocycles. The fraction of sp³-hybridized carbons (Fsp3) is 0.600. The molecular weight excluding hydrogens is 448 g/mol. The summed E-state index contributed by atoms with van der Waals surface area (Å²) in [4.78, 5) is 2.33. The molecule has 0 aromatic heterocycles. The molecule has 2 nitrogen and oxygen atoms in total. The first-order valence-corrected chi connectivity index (χ1v) is 14.6. The molecule has 0 heterocycles. The van der Waals surface area contributed by atoms with Crippen molar-refractivity contribution in [1.29, 1.82) is 0 Å². The van der Waals surface area contributed by atoms with Crippen LogP contribution in [0.2, 0.25) is 0 Å². The van der Waals surface area contributed by atoms with Gasteiger partial charge in [-0.15, -0.1) is 0 Å². The second-order valence-electron chi connectivity index (χ2n) is 9.27. The van der Waals surface area contributed by atoms with Gasteiger partial charge in [-0.3, -0.25) is 0 Å². The van der Waals surface area contributed by atoms with Crippen LogP contribution < -0.4 is 5.73 Å². The molecule has 0 rings (SSSR count). The smallest absolute Gasteiger partial charge is 0.0520 e. The maximum absolute atomic E-state index is 6.08. The van der Waals surface area contributed by atoms with Crippen molar-refractivity contribution >= 4 is 0 Å². The first-order valence-electron chi connectivity index (χ1n) is 14.6. The minimum Gasteiger partial charge on any atom is -0.399 e. The Labute approximate surface area is 234 Å². The van der Waals surface area contributed by atoms with Gasteiger partial charge in [-0.25, -0.2) is 0 Å². The normalized spacial score (nSPS) is 14.9. The lowest BCUT2D eigenvalue weighted by atomic mass is 9.87. The summed E-state index contributed by atoms with van der Waals surface area (Å²) < 4.78 is 0. The Morgan fingerprint density at radius 2 is 1.30 bits per heavy atom. The Hall–Kier alpha value is -2.22. The summed E-state index contributed by atoms with van der Waals surface area (Å²) in [7, 11) is 0. The van der Waals surface area contributed by atoms with Crippen molar-refractivity contribution in [2.75, 3.05) is 0 Å². The maximum atomic E-state index is 6.08. The zero-order valence-corrected chi connectivity index (χ0v) is 27.8. The van der Waals surface area contributed by atoms with Gasteiger partial charge < -0.3 is 10.6 Å². The summed E-state index contributed by atoms with van der Waals surface area (Å²) in [5.74, 6) is 0.868. The lowest BCUT2D eigenvalue weighted by Crippen LogP contribution is -2.33. The molecule has 0 fully saturated rings. The predicted molar refractivity (Wildman–Crippen MR) is 176 cm³/mol. The third-order valence-electron chi connectivity index (χ3n) is 5.70. The van der Waals surface area contributed by atoms with Gasteiger partial charge in [0.15, 0.2) is 0 Å². The summed E-state index contributed by atoms with van der Waals surface area (Å²) in [5, 5.41) is 0. The molecule has 0 aliphatic rings. The van der Waals surface area contributed by atoms with Crippen LogP contribution in [0.25, 0.3) is 0 Å². The minimum absolute atomic E-state index is 0.203. The van der Waals surface area contributed by atoms with Crippen LogP contribution in [-0.2, 0) is 0 Å². The Kier molecular flexibility index (Phi) is 30.4. The summed E-state index contributed by atoms with van der Waals surface area (Å²) >= 11 is 0. The monoisotopic (exact) mass is 515 g/mol. The highest BCUT2D eigenvalue weighted by atomic mass is 15.2. The Balaban J connectivity index is -0.000000602. The zero-order chi connectivity index (χ0) is 30.1. The SMILES string of the molecule is C=C/C(=C\C)N(/C(=C/C)C(=C)C)C(C)/C(C)=C\C(CC)C(C)/C=C(C)\C(N)=C/C.CC.CCC.CCC. The number of nitrogens with zero attached hydrogens (tertiary/aromatic N) is 1. The second-order valence-corrected chi connectivity index (χ2v) is 9.27. The Morgan fingerprint density at radius 1 is 0.838 bits per heavy atom. The zero-order valence-electron chi connectivity index (χ0n) is 27.8. The van der Waals surface area contributed by atoms with Crippen LogP contribution in [0.1, 0.15) is 123 Å². The number of allylic oxidation sites excluding steroid dienone is 8. The van der Waals surface area contributed by atoms with Crippen molar-refractivity contribution in [3.8, 4) is 0 Å². The Bertz CT molecular complexity index is 741. The molecule has 3 unspecified atom stereocenters. The predicted octanol–water partition coefficient (Wildman–Crippen LogP) is 11.5. The molecule has 0 aromatic carbocycles. The van der Waals surface area contributed by atoms with Crippen LogP contribution in [0.15, 0.2) is 83.4 Å². The lowest BCUT2D eigenvalue weighted by molar-refractivity contribution is 0.379. The number of hydrogen-bond acceptors (Lipinski definition) is 2. The van der Waals surface area contributed by atoms with Gasteiger partial charge in [0.1, 0.15) is 0 Å². The largest absolute Gasteiger partial charge is 0.399 e. The minimum atomic E-state index is 0.203. The van der Waals surface area contributed by atoms with Gasteiger partial charge in [0.2, 0.25) is 0 Å². The van der Waals surface area contributed by atoms with Gasteiger partial charge in [0.25, 0.3) is 0 Å². The molecule has 0 aromatic rings. The molecule has 0 bridgehead atoms. The molecule has 0 saturated carbocycles. The van der Waals surface area contributed by atoms with E-state index in [0.29, 0.717) is 11.8 Å². The second kappa shape index (κ2) is 26.8. The molecule has 3 atom stereocenters. The van der Waals surface area contributed by atoms with Crippen LogP contribution in [-0.4, -0.2) is 10.9 Å². The molecule has 2 N–H and O–H groups in total. The fourth-order valence-electron chi connectivity index (χ4n) is 3.68. The molecule has 0 spiro atoms. The summed E-state index contributed by atoms with van der Waals surface area (Å²) in [6.07, 6.45) is 16.4. The van der Waals surface area contributed by atoms with E-state index in [4.69, 9.17) is 5.73 Å². The van der Waals surface area contributed by atoms with Gasteiger partial charge in [-0.2, -0.15) is 0 Å². The van der Waals surface area contributed by atoms with E-state index in [1.165, 1.54) is 18.4 Å². The molecule has 2 heteroatoms. The van der Waals surface area contributed by atoms with E-state index in [-0.39, 0.29) is 6.04 Å². The first-order chi connectivity index (χ1) is 17.4. The van der Waals surface area contributed by atoms with Crippen LogP contribution in [0, 0.1) is 11.8 Å². The Morgan fingerprint density at radius 3 is 1.59 bits per heavy atom. The highest BCUT2D eigenvalue weighted by Gasteiger charge is 2.22. The highest BCUT2D eigenvalue weighted by molar-refractivity contribution is 5.35. The first kappa shape index (κ1) is 41.9. The standard InChI is InChI=1S/C27H44N2.2C3H8.C2H6/c1-12-24(21(9)17-22(10)26(28)15-4)18-20(8)23(11)29(25(13-2)14-3)27(16-5)19(6)7;2*1-3-2;1-2/h13-18,21,23-24H,2,6,12,28H2,1,3-5,7-11H3;2*3H2,1-2H3;1-2H3/b20-18-,22-17-,25-14+,26-15+,27-16+;;;. The van der Waals surface area contributed by atoms with Crippen LogP contribution in [0.5, 0.6) is 0 Å². The maximum Gasteiger partial charge on any atom is 0.0520 e. The van der Waals surface area contributed by atoms with Crippen molar-refractivity contribution in [2.45, 2.75) is 129 Å². The number of hydrogen-bond donors (Lipinski definition) is 1. The topological polar surface area (TPSA) is 29.3 Å². The summed E-state index contributed by atoms with van der Waals surface area (Å²) in [6, 6.07) is 0.203. The van der Waals surface area contributed by atoms with Gasteiger partial charge in [-0.05, 0) is 83.9 Å². The summed E-state index contributed by atoms with van der Waals surface area (Å²) in [5.41, 5.74) is 12.7. The number of nitrogens with two attached hydrogens (primary N) is 1. The van der Waals surface area contributed by atoms with E-state index in [1.54, 1.807) is 0 Å². The molecule has 0 aliphatic carbocycles. The van der Waals surface area contributed by atoms with Crippen LogP contribution >= 0.6 is 0 Å². The summed E-state index contributed by atoms with van der Waals surface area (Å²) in [6.45, 7) is 40.0. The average Bonchev–Trinajstić information content (AvgIpc) is 2.88. The number of rotatable bonds is 11. The molecular formula is C35H66N2. The molecule has 216 valence electrons. The van der Waals surface area contributed by atoms with Crippen molar-refractivity contribution in [3.05, 3.63) is 83.4 Å². The molecule has 0 radical (unpaired) electrons. The molecule has 0 saturated heterocycles.